The van der Waals surface area contributed by atoms with Gasteiger partial charge in [0.15, 0.2) is 0 Å². The number of para-hydroxylation sites is 2. The van der Waals surface area contributed by atoms with Gasteiger partial charge in [-0.2, -0.15) is 0 Å². The number of halogens is 1. The first kappa shape index (κ1) is 41.0. The van der Waals surface area contributed by atoms with E-state index >= 15 is 0 Å². The molecule has 3 atom stereocenters. The summed E-state index contributed by atoms with van der Waals surface area (Å²) in [5, 5.41) is 4.44. The number of benzene rings is 4. The minimum Gasteiger partial charge on any atom is -1.00 e. The van der Waals surface area contributed by atoms with E-state index in [0.29, 0.717) is 37.6 Å². The summed E-state index contributed by atoms with van der Waals surface area (Å²) in [5.74, 6) is 1.75. The molecule has 10 heteroatoms. The second kappa shape index (κ2) is 18.1. The van der Waals surface area contributed by atoms with Gasteiger partial charge < -0.3 is 50.5 Å². The maximum absolute atomic E-state index is 12.9. The van der Waals surface area contributed by atoms with Gasteiger partial charge in [-0.05, 0) is 74.5 Å². The second-order valence-electron chi connectivity index (χ2n) is 15.6. The summed E-state index contributed by atoms with van der Waals surface area (Å²) in [6.07, 6.45) is 4.17. The van der Waals surface area contributed by atoms with E-state index in [2.05, 4.69) is 74.2 Å². The molecule has 296 valence electrons. The molecule has 56 heavy (non-hydrogen) atoms. The van der Waals surface area contributed by atoms with Crippen molar-refractivity contribution in [2.24, 2.45) is 13.0 Å². The van der Waals surface area contributed by atoms with Crippen LogP contribution in [-0.4, -0.2) is 85.5 Å². The average molecular weight is 824 g/mol. The lowest BCUT2D eigenvalue weighted by Gasteiger charge is -2.45. The van der Waals surface area contributed by atoms with Gasteiger partial charge in [-0.3, -0.25) is 4.79 Å². The third-order valence-electron chi connectivity index (χ3n) is 12.2. The Bertz CT molecular complexity index is 2070. The quantitative estimate of drug-likeness (QED) is 0.158. The maximum atomic E-state index is 12.9. The Balaban J connectivity index is 0.000000190. The van der Waals surface area contributed by atoms with Crippen molar-refractivity contribution in [3.05, 3.63) is 131 Å². The highest BCUT2D eigenvalue weighted by Crippen LogP contribution is 2.46. The lowest BCUT2D eigenvalue weighted by Crippen LogP contribution is -3.00. The third kappa shape index (κ3) is 8.83. The summed E-state index contributed by atoms with van der Waals surface area (Å²) >= 11 is 0. The van der Waals surface area contributed by atoms with Gasteiger partial charge in [0, 0.05) is 60.3 Å². The van der Waals surface area contributed by atoms with E-state index in [1.165, 1.54) is 22.0 Å². The molecule has 8 rings (SSSR count). The van der Waals surface area contributed by atoms with Crippen LogP contribution in [-0.2, 0) is 34.3 Å². The number of likely N-dealkylation sites (N-methyl/N-ethyl adjacent to an activating group) is 2. The lowest BCUT2D eigenvalue weighted by molar-refractivity contribution is -0.906. The van der Waals surface area contributed by atoms with E-state index in [4.69, 9.17) is 14.2 Å². The molecule has 0 radical (unpaired) electrons. The third-order valence-corrected chi connectivity index (χ3v) is 12.2. The summed E-state index contributed by atoms with van der Waals surface area (Å²) < 4.78 is 20.2. The topological polar surface area (TPSA) is 82.0 Å². The molecule has 1 saturated heterocycles. The molecular formula is C46H55BrN4O5. The predicted octanol–water partition coefficient (Wildman–Crippen LogP) is 5.02. The van der Waals surface area contributed by atoms with Gasteiger partial charge in [0.25, 0.3) is 0 Å². The van der Waals surface area contributed by atoms with Crippen molar-refractivity contribution >= 4 is 23.0 Å². The number of quaternary nitrogens is 1. The molecule has 0 saturated carbocycles. The van der Waals surface area contributed by atoms with Crippen molar-refractivity contribution in [2.45, 2.75) is 51.2 Å². The number of aromatic nitrogens is 1. The highest BCUT2D eigenvalue weighted by molar-refractivity contribution is 5.89. The number of rotatable bonds is 10. The zero-order chi connectivity index (χ0) is 38.5. The number of esters is 1. The molecule has 4 aromatic carbocycles. The molecule has 3 heterocycles. The van der Waals surface area contributed by atoms with Crippen LogP contribution >= 0.6 is 0 Å². The first-order valence-corrected chi connectivity index (χ1v) is 19.8. The van der Waals surface area contributed by atoms with Gasteiger partial charge >= 0.3 is 12.1 Å². The molecule has 1 aromatic heterocycles. The van der Waals surface area contributed by atoms with Crippen molar-refractivity contribution in [3.8, 4) is 11.5 Å². The van der Waals surface area contributed by atoms with Crippen LogP contribution in [0.3, 0.4) is 0 Å². The minimum atomic E-state index is -0.428. The van der Waals surface area contributed by atoms with Crippen LogP contribution in [0, 0.1) is 5.92 Å². The zero-order valence-corrected chi connectivity index (χ0v) is 34.8. The first-order valence-electron chi connectivity index (χ1n) is 19.8. The Morgan fingerprint density at radius 2 is 1.48 bits per heavy atom. The standard InChI is InChI=1S/C25H29N3O2.C21H26NO3.BrH/c1-27-14-18(13-26-25(29)30-16-17-7-4-3-5-8-17)11-21-20-9-6-10-22-24(20)19(12-23(21)27)15-28(22)2;1-4-22(3,5-2)14-15-24-21(23)20-16-10-6-8-12-18(16)25-19-13-9-7-11-17(19)20;/h3-10,15,18,21,23H,11-14,16H2,1-2H3,(H,26,29);6-13,20H,4-5,14-15H2,1-3H3;1H/q;+1;/p-1/t18-,21+,23+;;/m0../s1. The number of alkyl carbamates (subject to hydrolysis) is 1. The van der Waals surface area contributed by atoms with Gasteiger partial charge in [0.05, 0.1) is 20.1 Å². The molecule has 0 bridgehead atoms. The monoisotopic (exact) mass is 822 g/mol. The van der Waals surface area contributed by atoms with Gasteiger partial charge in [-0.15, -0.1) is 0 Å². The predicted molar refractivity (Wildman–Crippen MR) is 216 cm³/mol. The van der Waals surface area contributed by atoms with Crippen LogP contribution < -0.4 is 27.0 Å². The Hall–Kier alpha value is -4.64. The van der Waals surface area contributed by atoms with E-state index in [-0.39, 0.29) is 29.0 Å². The highest BCUT2D eigenvalue weighted by atomic mass is 79.9. The number of aryl methyl sites for hydroxylation is 1. The summed E-state index contributed by atoms with van der Waals surface area (Å²) in [5.41, 5.74) is 7.01. The largest absolute Gasteiger partial charge is 1.00 e. The van der Waals surface area contributed by atoms with Crippen LogP contribution in [0.1, 0.15) is 59.9 Å². The minimum absolute atomic E-state index is 0. The summed E-state index contributed by atoms with van der Waals surface area (Å²) in [7, 11) is 6.56. The average Bonchev–Trinajstić information content (AvgIpc) is 3.54. The van der Waals surface area contributed by atoms with Crippen molar-refractivity contribution in [1.82, 2.24) is 14.8 Å². The molecule has 2 aliphatic heterocycles. The number of nitrogens with one attached hydrogen (secondary N) is 1. The Kier molecular flexibility index (Phi) is 13.2. The Morgan fingerprint density at radius 3 is 2.16 bits per heavy atom. The molecule has 3 aliphatic rings. The molecule has 0 spiro atoms. The molecule has 0 unspecified atom stereocenters. The normalized spacial score (nSPS) is 18.5. The molecule has 1 amide bonds. The van der Waals surface area contributed by atoms with E-state index in [0.717, 1.165) is 71.7 Å². The summed E-state index contributed by atoms with van der Waals surface area (Å²) in [4.78, 5) is 27.6. The molecule has 9 nitrogen and oxygen atoms in total. The van der Waals surface area contributed by atoms with Crippen LogP contribution in [0.15, 0.2) is 103 Å². The number of amides is 1. The number of carbonyl (C=O) groups is 2. The number of carbonyl (C=O) groups excluding carboxylic acids is 2. The van der Waals surface area contributed by atoms with E-state index in [1.54, 1.807) is 0 Å². The number of nitrogens with zero attached hydrogens (tertiary/aromatic N) is 3. The van der Waals surface area contributed by atoms with Crippen LogP contribution in [0.2, 0.25) is 0 Å². The van der Waals surface area contributed by atoms with E-state index < -0.39 is 5.92 Å². The van der Waals surface area contributed by atoms with Gasteiger partial charge in [-0.25, -0.2) is 4.79 Å². The van der Waals surface area contributed by atoms with Crippen molar-refractivity contribution < 1.29 is 45.3 Å². The summed E-state index contributed by atoms with van der Waals surface area (Å²) in [6.45, 7) is 9.59. The van der Waals surface area contributed by atoms with Crippen LogP contribution in [0.25, 0.3) is 10.9 Å². The molecular weight excluding hydrogens is 768 g/mol. The highest BCUT2D eigenvalue weighted by Gasteiger charge is 2.40. The lowest BCUT2D eigenvalue weighted by atomic mass is 9.72. The first-order chi connectivity index (χ1) is 26.7. The summed E-state index contributed by atoms with van der Waals surface area (Å²) in [6, 6.07) is 32.4. The number of likely N-dealkylation sites (tertiary alicyclic amines) is 1. The van der Waals surface area contributed by atoms with Crippen molar-refractivity contribution in [3.63, 3.8) is 0 Å². The molecule has 1 aliphatic carbocycles. The SMILES string of the molecule is CC[N+](C)(CC)CCOC(=O)C1c2ccccc2Oc2ccccc21.CN1C[C@H](CNC(=O)OCc2ccccc2)C[C@@H]2c3cccc4c3c(cn4C)C[C@H]21.[Br-]. The van der Waals surface area contributed by atoms with Crippen LogP contribution in [0.4, 0.5) is 4.79 Å². The zero-order valence-electron chi connectivity index (χ0n) is 33.2. The maximum Gasteiger partial charge on any atom is 0.407 e. The number of hydrogen-bond acceptors (Lipinski definition) is 6. The fraction of sp³-hybridized carbons (Fsp3) is 0.391. The van der Waals surface area contributed by atoms with E-state index in [1.807, 2.05) is 78.9 Å². The fourth-order valence-corrected chi connectivity index (χ4v) is 8.63. The number of hydrogen-bond donors (Lipinski definition) is 1. The number of piperidine rings is 1. The number of ether oxygens (including phenoxy) is 3. The Labute approximate surface area is 341 Å². The molecule has 5 aromatic rings. The molecule has 1 N–H and O–H groups in total. The van der Waals surface area contributed by atoms with Gasteiger partial charge in [-0.1, -0.05) is 78.9 Å². The van der Waals surface area contributed by atoms with Gasteiger partial charge in [0.2, 0.25) is 0 Å². The Morgan fingerprint density at radius 1 is 0.839 bits per heavy atom. The smallest absolute Gasteiger partial charge is 0.407 e. The van der Waals surface area contributed by atoms with Crippen molar-refractivity contribution in [1.29, 1.82) is 0 Å². The number of fused-ring (bicyclic) bond motifs is 4. The van der Waals surface area contributed by atoms with E-state index in [9.17, 15) is 9.59 Å². The second-order valence-corrected chi connectivity index (χ2v) is 15.6. The van der Waals surface area contributed by atoms with Crippen molar-refractivity contribution in [2.75, 3.05) is 53.4 Å². The fourth-order valence-electron chi connectivity index (χ4n) is 8.63. The molecule has 1 fully saturated rings. The van der Waals surface area contributed by atoms with Gasteiger partial charge in [0.1, 0.15) is 37.2 Å². The van der Waals surface area contributed by atoms with Crippen LogP contribution in [0.5, 0.6) is 11.5 Å².